The number of rotatable bonds is 8. The number of hydrogen-bond donors (Lipinski definition) is 2. The maximum Gasteiger partial charge on any atom is 0.262 e. The molecule has 3 aromatic heterocycles. The maximum atomic E-state index is 14.7. The summed E-state index contributed by atoms with van der Waals surface area (Å²) < 4.78 is 29.3. The Morgan fingerprint density at radius 2 is 1.62 bits per heavy atom. The lowest BCUT2D eigenvalue weighted by Gasteiger charge is -2.38. The van der Waals surface area contributed by atoms with Crippen molar-refractivity contribution in [3.05, 3.63) is 77.6 Å². The average Bonchev–Trinajstić information content (AvgIpc) is 3.40. The molecule has 0 bridgehead atoms. The maximum absolute atomic E-state index is 14.7. The summed E-state index contributed by atoms with van der Waals surface area (Å²) in [6, 6.07) is 10.5. The Labute approximate surface area is 298 Å². The second-order valence-corrected chi connectivity index (χ2v) is 13.7. The number of hydrogen-bond acceptors (Lipinski definition) is 11. The largest absolute Gasteiger partial charge is 0.369 e. The zero-order chi connectivity index (χ0) is 35.9. The number of pyridine rings is 3. The fourth-order valence-corrected chi connectivity index (χ4v) is 7.62. The molecule has 1 atom stereocenters. The number of imide groups is 2. The van der Waals surface area contributed by atoms with E-state index in [1.807, 2.05) is 6.07 Å². The van der Waals surface area contributed by atoms with Gasteiger partial charge in [0.05, 0.1) is 28.5 Å². The molecule has 3 fully saturated rings. The first-order valence-corrected chi connectivity index (χ1v) is 17.6. The van der Waals surface area contributed by atoms with E-state index in [0.717, 1.165) is 75.7 Å². The van der Waals surface area contributed by atoms with Crippen molar-refractivity contribution in [3.63, 3.8) is 0 Å². The smallest absolute Gasteiger partial charge is 0.262 e. The van der Waals surface area contributed by atoms with Gasteiger partial charge in [0.2, 0.25) is 11.8 Å². The lowest BCUT2D eigenvalue weighted by atomic mass is 9.93. The number of carbonyl (C=O) groups excluding carboxylic acids is 4. The summed E-state index contributed by atoms with van der Waals surface area (Å²) in [5, 5.41) is 5.14. The number of fused-ring (bicyclic) bond motifs is 2. The van der Waals surface area contributed by atoms with Crippen molar-refractivity contribution in [2.75, 3.05) is 60.9 Å². The third-order valence-electron chi connectivity index (χ3n) is 10.6. The van der Waals surface area contributed by atoms with Crippen molar-refractivity contribution < 1.29 is 28.0 Å². The first-order chi connectivity index (χ1) is 25.2. The number of aromatic nitrogens is 3. The van der Waals surface area contributed by atoms with E-state index in [4.69, 9.17) is 0 Å². The van der Waals surface area contributed by atoms with E-state index in [1.54, 1.807) is 30.3 Å². The zero-order valence-corrected chi connectivity index (χ0v) is 28.4. The molecule has 4 aliphatic rings. The first-order valence-electron chi connectivity index (χ1n) is 17.6. The molecule has 1 unspecified atom stereocenters. The third-order valence-corrected chi connectivity index (χ3v) is 10.6. The average molecular weight is 710 g/mol. The Hall–Kier alpha value is -5.57. The summed E-state index contributed by atoms with van der Waals surface area (Å²) in [5.74, 6) is -1.71. The third kappa shape index (κ3) is 6.51. The molecule has 52 heavy (non-hydrogen) atoms. The number of nitrogens with zero attached hydrogens (tertiary/aromatic N) is 7. The van der Waals surface area contributed by atoms with Crippen LogP contribution in [0.3, 0.4) is 0 Å². The van der Waals surface area contributed by atoms with Gasteiger partial charge in [0.25, 0.3) is 11.8 Å². The van der Waals surface area contributed by atoms with Crippen molar-refractivity contribution in [1.29, 1.82) is 0 Å². The van der Waals surface area contributed by atoms with Crippen molar-refractivity contribution in [1.82, 2.24) is 30.1 Å². The van der Waals surface area contributed by atoms with Crippen molar-refractivity contribution in [2.45, 2.75) is 38.1 Å². The van der Waals surface area contributed by atoms with Crippen molar-refractivity contribution >= 4 is 57.7 Å². The van der Waals surface area contributed by atoms with Crippen LogP contribution in [0.4, 0.5) is 31.8 Å². The van der Waals surface area contributed by atoms with Gasteiger partial charge in [0, 0.05) is 69.7 Å². The number of carbonyl (C=O) groups is 4. The van der Waals surface area contributed by atoms with E-state index in [1.165, 1.54) is 18.5 Å². The van der Waals surface area contributed by atoms with Gasteiger partial charge in [0.1, 0.15) is 23.2 Å². The van der Waals surface area contributed by atoms with Crippen molar-refractivity contribution in [3.8, 4) is 0 Å². The van der Waals surface area contributed by atoms with Crippen molar-refractivity contribution in [2.24, 2.45) is 5.92 Å². The van der Waals surface area contributed by atoms with E-state index in [0.29, 0.717) is 22.8 Å². The van der Waals surface area contributed by atoms with Gasteiger partial charge in [-0.25, -0.2) is 18.7 Å². The molecule has 4 aromatic rings. The molecule has 4 aliphatic heterocycles. The molecule has 0 radical (unpaired) electrons. The Morgan fingerprint density at radius 3 is 2.40 bits per heavy atom. The Balaban J connectivity index is 0.813. The van der Waals surface area contributed by atoms with Crippen LogP contribution in [0.5, 0.6) is 0 Å². The fourth-order valence-electron chi connectivity index (χ4n) is 7.62. The summed E-state index contributed by atoms with van der Waals surface area (Å²) in [6.07, 6.45) is 5.93. The summed E-state index contributed by atoms with van der Waals surface area (Å²) in [6.45, 7) is 5.86. The number of nitrogens with one attached hydrogen (secondary N) is 2. The molecular weight excluding hydrogens is 672 g/mol. The predicted octanol–water partition coefficient (Wildman–Crippen LogP) is 3.88. The molecular formula is C37H37F2N9O4. The van der Waals surface area contributed by atoms with Gasteiger partial charge in [-0.2, -0.15) is 0 Å². The van der Waals surface area contributed by atoms with Crippen LogP contribution in [-0.4, -0.2) is 100 Å². The molecule has 2 N–H and O–H groups in total. The van der Waals surface area contributed by atoms with Crippen LogP contribution in [-0.2, 0) is 9.59 Å². The number of amides is 4. The fraction of sp³-hybridized carbons (Fsp3) is 0.378. The topological polar surface area (TPSA) is 144 Å². The molecule has 4 amide bonds. The molecule has 7 heterocycles. The number of halogens is 2. The molecule has 0 saturated carbocycles. The predicted molar refractivity (Wildman–Crippen MR) is 188 cm³/mol. The highest BCUT2D eigenvalue weighted by atomic mass is 19.1. The molecule has 0 aliphatic carbocycles. The monoisotopic (exact) mass is 709 g/mol. The van der Waals surface area contributed by atoms with Crippen LogP contribution in [0.15, 0.2) is 54.9 Å². The van der Waals surface area contributed by atoms with Crippen LogP contribution in [0.2, 0.25) is 0 Å². The molecule has 13 nitrogen and oxygen atoms in total. The van der Waals surface area contributed by atoms with Gasteiger partial charge >= 0.3 is 0 Å². The lowest BCUT2D eigenvalue weighted by molar-refractivity contribution is -0.136. The Morgan fingerprint density at radius 1 is 0.827 bits per heavy atom. The minimum atomic E-state index is -0.982. The van der Waals surface area contributed by atoms with Gasteiger partial charge in [-0.3, -0.25) is 39.3 Å². The van der Waals surface area contributed by atoms with Gasteiger partial charge in [-0.05, 0) is 68.5 Å². The van der Waals surface area contributed by atoms with Crippen LogP contribution in [0.25, 0.3) is 11.0 Å². The lowest BCUT2D eigenvalue weighted by Crippen LogP contribution is -2.54. The number of anilines is 4. The molecule has 268 valence electrons. The Kier molecular flexibility index (Phi) is 8.95. The van der Waals surface area contributed by atoms with Crippen LogP contribution < -0.4 is 20.4 Å². The summed E-state index contributed by atoms with van der Waals surface area (Å²) in [7, 11) is 0. The van der Waals surface area contributed by atoms with E-state index < -0.39 is 41.3 Å². The second-order valence-electron chi connectivity index (χ2n) is 13.7. The normalized spacial score (nSPS) is 20.1. The van der Waals surface area contributed by atoms with E-state index in [9.17, 15) is 28.0 Å². The second kappa shape index (κ2) is 13.9. The van der Waals surface area contributed by atoms with Gasteiger partial charge < -0.3 is 15.1 Å². The highest BCUT2D eigenvalue weighted by Crippen LogP contribution is 2.32. The number of benzene rings is 1. The summed E-state index contributed by atoms with van der Waals surface area (Å²) >= 11 is 0. The van der Waals surface area contributed by atoms with Gasteiger partial charge in [0.15, 0.2) is 11.6 Å². The minimum absolute atomic E-state index is 0.0836. The molecule has 3 saturated heterocycles. The van der Waals surface area contributed by atoms with Crippen LogP contribution in [0, 0.1) is 17.6 Å². The Bertz CT molecular complexity index is 2080. The van der Waals surface area contributed by atoms with E-state index in [2.05, 4.69) is 40.3 Å². The summed E-state index contributed by atoms with van der Waals surface area (Å²) in [5.41, 5.74) is 2.15. The van der Waals surface area contributed by atoms with E-state index >= 15 is 0 Å². The molecule has 1 aromatic carbocycles. The SMILES string of the molecule is O=C1CCC(N2C(=O)c3ccc(N4CCN(CCC5CCN(c6cc(Nc7cc(F)c8ncccc8n7)c(F)cn6)CC5)CC4)cc3C2=O)C(=O)N1. The van der Waals surface area contributed by atoms with Crippen LogP contribution >= 0.6 is 0 Å². The van der Waals surface area contributed by atoms with Gasteiger partial charge in [-0.15, -0.1) is 0 Å². The molecule has 0 spiro atoms. The summed E-state index contributed by atoms with van der Waals surface area (Å²) in [4.78, 5) is 70.9. The first kappa shape index (κ1) is 33.6. The standard InChI is InChI=1S/C37H37F2N9O4/c38-26-19-31(42-28-2-1-10-40-34(26)28)43-29-20-32(41-21-27(29)39)47-12-8-22(9-13-47)7-11-45-14-16-46(17-15-45)23-3-4-24-25(18-23)37(52)48(36(24)51)30-5-6-33(49)44-35(30)50/h1-4,10,18-22,30H,5-9,11-17H2,(H,41,42,43)(H,44,49,50). The highest BCUT2D eigenvalue weighted by molar-refractivity contribution is 6.23. The minimum Gasteiger partial charge on any atom is -0.369 e. The van der Waals surface area contributed by atoms with E-state index in [-0.39, 0.29) is 35.4 Å². The van der Waals surface area contributed by atoms with Gasteiger partial charge in [-0.1, -0.05) is 0 Å². The molecule has 15 heteroatoms. The number of piperazine rings is 1. The highest BCUT2D eigenvalue weighted by Gasteiger charge is 2.44. The quantitative estimate of drug-likeness (QED) is 0.258. The number of piperidine rings is 2. The zero-order valence-electron chi connectivity index (χ0n) is 28.4. The van der Waals surface area contributed by atoms with Crippen LogP contribution in [0.1, 0.15) is 52.8 Å². The molecule has 8 rings (SSSR count).